The number of aliphatic hydroxyl groups is 1. The lowest BCUT2D eigenvalue weighted by Gasteiger charge is -2.05. The van der Waals surface area contributed by atoms with E-state index in [4.69, 9.17) is 5.11 Å². The minimum atomic E-state index is 0.262. The van der Waals surface area contributed by atoms with Crippen LogP contribution in [-0.4, -0.2) is 22.3 Å². The largest absolute Gasteiger partial charge is 0.396 e. The molecular formula is C11H20N2O. The van der Waals surface area contributed by atoms with Crippen LogP contribution >= 0.6 is 0 Å². The Morgan fingerprint density at radius 2 is 2.29 bits per heavy atom. The topological polar surface area (TPSA) is 37.2 Å². The highest BCUT2D eigenvalue weighted by atomic mass is 16.3. The normalized spacial score (nSPS) is 11.1. The van der Waals surface area contributed by atoms with Gasteiger partial charge >= 0.3 is 0 Å². The molecule has 0 atom stereocenters. The summed E-state index contributed by atoms with van der Waals surface area (Å²) >= 11 is 0. The quantitative estimate of drug-likeness (QED) is 0.721. The third kappa shape index (κ3) is 3.94. The number of nitrogens with zero attached hydrogens (tertiary/aromatic N) is 1. The third-order valence-electron chi connectivity index (χ3n) is 2.10. The van der Waals surface area contributed by atoms with E-state index in [1.807, 2.05) is 0 Å². The summed E-state index contributed by atoms with van der Waals surface area (Å²) in [5.74, 6) is 0. The van der Waals surface area contributed by atoms with Crippen molar-refractivity contribution < 1.29 is 5.11 Å². The molecule has 0 aliphatic carbocycles. The Hall–Kier alpha value is -0.800. The summed E-state index contributed by atoms with van der Waals surface area (Å²) < 4.78 is 2.12. The molecule has 3 heteroatoms. The van der Waals surface area contributed by atoms with E-state index in [1.54, 1.807) is 0 Å². The number of aliphatic hydroxyl groups excluding tert-OH is 1. The van der Waals surface area contributed by atoms with Crippen LogP contribution in [0.15, 0.2) is 18.5 Å². The van der Waals surface area contributed by atoms with Crippen LogP contribution in [0.1, 0.15) is 25.8 Å². The summed E-state index contributed by atoms with van der Waals surface area (Å²) in [4.78, 5) is 0. The molecule has 0 amide bonds. The van der Waals surface area contributed by atoms with Gasteiger partial charge in [0.1, 0.15) is 0 Å². The molecule has 0 aliphatic heterocycles. The van der Waals surface area contributed by atoms with Gasteiger partial charge in [0.05, 0.1) is 0 Å². The van der Waals surface area contributed by atoms with Crippen LogP contribution in [0.5, 0.6) is 0 Å². The number of rotatable bonds is 6. The molecule has 14 heavy (non-hydrogen) atoms. The Kier molecular flexibility index (Phi) is 4.70. The molecule has 0 saturated heterocycles. The second-order valence-electron chi connectivity index (χ2n) is 3.87. The van der Waals surface area contributed by atoms with Gasteiger partial charge in [-0.1, -0.05) is 13.8 Å². The zero-order valence-corrected chi connectivity index (χ0v) is 9.03. The van der Waals surface area contributed by atoms with Gasteiger partial charge in [0.15, 0.2) is 0 Å². The van der Waals surface area contributed by atoms with Crippen LogP contribution in [0.2, 0.25) is 0 Å². The first-order valence-corrected chi connectivity index (χ1v) is 5.21. The SMILES string of the molecule is CC(C)NCc1ccn(CCCO)c1. The van der Waals surface area contributed by atoms with Crippen LogP contribution in [0, 0.1) is 0 Å². The van der Waals surface area contributed by atoms with E-state index in [2.05, 4.69) is 42.2 Å². The molecule has 0 radical (unpaired) electrons. The second-order valence-corrected chi connectivity index (χ2v) is 3.87. The number of nitrogens with one attached hydrogen (secondary N) is 1. The molecule has 2 N–H and O–H groups in total. The first-order chi connectivity index (χ1) is 6.72. The van der Waals surface area contributed by atoms with Crippen molar-refractivity contribution >= 4 is 0 Å². The summed E-state index contributed by atoms with van der Waals surface area (Å²) in [5, 5.41) is 12.1. The van der Waals surface area contributed by atoms with Gasteiger partial charge in [0.25, 0.3) is 0 Å². The Labute approximate surface area is 85.7 Å². The molecule has 0 unspecified atom stereocenters. The molecule has 1 rings (SSSR count). The van der Waals surface area contributed by atoms with Crippen molar-refractivity contribution in [3.05, 3.63) is 24.0 Å². The van der Waals surface area contributed by atoms with E-state index in [-0.39, 0.29) is 6.61 Å². The number of hydrogen-bond donors (Lipinski definition) is 2. The smallest absolute Gasteiger partial charge is 0.0448 e. The van der Waals surface area contributed by atoms with E-state index >= 15 is 0 Å². The summed E-state index contributed by atoms with van der Waals surface area (Å²) in [5.41, 5.74) is 1.30. The minimum absolute atomic E-state index is 0.262. The fourth-order valence-corrected chi connectivity index (χ4v) is 1.31. The molecule has 80 valence electrons. The van der Waals surface area contributed by atoms with Gasteiger partial charge in [-0.15, -0.1) is 0 Å². The van der Waals surface area contributed by atoms with Crippen molar-refractivity contribution in [2.75, 3.05) is 6.61 Å². The molecule has 1 heterocycles. The molecule has 0 aromatic carbocycles. The lowest BCUT2D eigenvalue weighted by Crippen LogP contribution is -2.21. The molecule has 1 aromatic heterocycles. The maximum atomic E-state index is 8.68. The first-order valence-electron chi connectivity index (χ1n) is 5.21. The Balaban J connectivity index is 2.35. The van der Waals surface area contributed by atoms with Crippen molar-refractivity contribution in [1.82, 2.24) is 9.88 Å². The highest BCUT2D eigenvalue weighted by molar-refractivity contribution is 5.09. The van der Waals surface area contributed by atoms with E-state index < -0.39 is 0 Å². The van der Waals surface area contributed by atoms with Gasteiger partial charge in [-0.25, -0.2) is 0 Å². The Bertz CT molecular complexity index is 256. The summed E-state index contributed by atoms with van der Waals surface area (Å²) in [6.07, 6.45) is 5.02. The molecule has 0 aliphatic rings. The van der Waals surface area contributed by atoms with Gasteiger partial charge in [0.2, 0.25) is 0 Å². The monoisotopic (exact) mass is 196 g/mol. The van der Waals surface area contributed by atoms with Crippen molar-refractivity contribution in [3.63, 3.8) is 0 Å². The van der Waals surface area contributed by atoms with Gasteiger partial charge < -0.3 is 15.0 Å². The maximum Gasteiger partial charge on any atom is 0.0448 e. The number of hydrogen-bond acceptors (Lipinski definition) is 2. The van der Waals surface area contributed by atoms with Crippen molar-refractivity contribution in [2.24, 2.45) is 0 Å². The van der Waals surface area contributed by atoms with E-state index in [9.17, 15) is 0 Å². The molecule has 0 bridgehead atoms. The van der Waals surface area contributed by atoms with Crippen molar-refractivity contribution in [3.8, 4) is 0 Å². The summed E-state index contributed by atoms with van der Waals surface area (Å²) in [7, 11) is 0. The number of aryl methyl sites for hydroxylation is 1. The fraction of sp³-hybridized carbons (Fsp3) is 0.636. The van der Waals surface area contributed by atoms with Crippen LogP contribution < -0.4 is 5.32 Å². The molecule has 3 nitrogen and oxygen atoms in total. The van der Waals surface area contributed by atoms with E-state index in [1.165, 1.54) is 5.56 Å². The van der Waals surface area contributed by atoms with Crippen LogP contribution in [-0.2, 0) is 13.1 Å². The van der Waals surface area contributed by atoms with Gasteiger partial charge in [-0.05, 0) is 18.1 Å². The molecule has 1 aromatic rings. The third-order valence-corrected chi connectivity index (χ3v) is 2.10. The highest BCUT2D eigenvalue weighted by Gasteiger charge is 1.97. The van der Waals surface area contributed by atoms with Crippen molar-refractivity contribution in [1.29, 1.82) is 0 Å². The lowest BCUT2D eigenvalue weighted by molar-refractivity contribution is 0.280. The second kappa shape index (κ2) is 5.83. The first kappa shape index (κ1) is 11.3. The Morgan fingerprint density at radius 3 is 2.93 bits per heavy atom. The molecule has 0 fully saturated rings. The molecular weight excluding hydrogens is 176 g/mol. The zero-order chi connectivity index (χ0) is 10.4. The number of aromatic nitrogens is 1. The predicted molar refractivity (Wildman–Crippen MR) is 58.1 cm³/mol. The Morgan fingerprint density at radius 1 is 1.50 bits per heavy atom. The van der Waals surface area contributed by atoms with E-state index in [0.717, 1.165) is 19.5 Å². The molecule has 0 spiro atoms. The van der Waals surface area contributed by atoms with Crippen LogP contribution in [0.25, 0.3) is 0 Å². The van der Waals surface area contributed by atoms with Gasteiger partial charge in [-0.2, -0.15) is 0 Å². The molecule has 0 saturated carbocycles. The summed E-state index contributed by atoms with van der Waals surface area (Å²) in [6, 6.07) is 2.64. The highest BCUT2D eigenvalue weighted by Crippen LogP contribution is 2.02. The van der Waals surface area contributed by atoms with Crippen LogP contribution in [0.4, 0.5) is 0 Å². The summed E-state index contributed by atoms with van der Waals surface area (Å²) in [6.45, 7) is 6.37. The average Bonchev–Trinajstić information content (AvgIpc) is 2.59. The zero-order valence-electron chi connectivity index (χ0n) is 9.03. The predicted octanol–water partition coefficient (Wildman–Crippen LogP) is 1.37. The van der Waals surface area contributed by atoms with Crippen molar-refractivity contribution in [2.45, 2.75) is 39.4 Å². The maximum absolute atomic E-state index is 8.68. The van der Waals surface area contributed by atoms with Gasteiger partial charge in [-0.3, -0.25) is 0 Å². The standard InChI is InChI=1S/C11H20N2O/c1-10(2)12-8-11-4-6-13(9-11)5-3-7-14/h4,6,9-10,12,14H,3,5,7-8H2,1-2H3. The van der Waals surface area contributed by atoms with E-state index in [0.29, 0.717) is 6.04 Å². The van der Waals surface area contributed by atoms with Crippen LogP contribution in [0.3, 0.4) is 0 Å². The minimum Gasteiger partial charge on any atom is -0.396 e. The fourth-order valence-electron chi connectivity index (χ4n) is 1.31. The van der Waals surface area contributed by atoms with Gasteiger partial charge in [0, 0.05) is 38.1 Å². The average molecular weight is 196 g/mol. The lowest BCUT2D eigenvalue weighted by atomic mass is 10.3.